The molecule has 2 aromatic rings. The van der Waals surface area contributed by atoms with Crippen molar-refractivity contribution < 1.29 is 13.2 Å². The van der Waals surface area contributed by atoms with Crippen molar-refractivity contribution in [3.63, 3.8) is 0 Å². The Morgan fingerprint density at radius 3 is 2.40 bits per heavy atom. The van der Waals surface area contributed by atoms with Crippen LogP contribution in [0.5, 0.6) is 0 Å². The van der Waals surface area contributed by atoms with Gasteiger partial charge in [-0.05, 0) is 42.5 Å². The molecule has 6 nitrogen and oxygen atoms in total. The smallest absolute Gasteiger partial charge is 0.255 e. The Morgan fingerprint density at radius 1 is 1.00 bits per heavy atom. The lowest BCUT2D eigenvalue weighted by Crippen LogP contribution is -2.48. The molecule has 0 bridgehead atoms. The van der Waals surface area contributed by atoms with Crippen LogP contribution in [0.4, 0.5) is 0 Å². The summed E-state index contributed by atoms with van der Waals surface area (Å²) in [5.74, 6) is -0.202. The molecule has 1 aromatic heterocycles. The molecule has 1 amide bonds. The molecule has 2 saturated heterocycles. The quantitative estimate of drug-likeness (QED) is 0.674. The second kappa shape index (κ2) is 9.36. The summed E-state index contributed by atoms with van der Waals surface area (Å²) in [6, 6.07) is 8.65. The van der Waals surface area contributed by atoms with Crippen LogP contribution in [0.25, 0.3) is 0 Å². The minimum absolute atomic E-state index is 0.147. The molecular weight excluding hydrogens is 442 g/mol. The lowest BCUT2D eigenvalue weighted by molar-refractivity contribution is 0.0629. The summed E-state index contributed by atoms with van der Waals surface area (Å²) < 4.78 is 27.5. The van der Waals surface area contributed by atoms with E-state index in [0.29, 0.717) is 31.2 Å². The lowest BCUT2D eigenvalue weighted by atomic mass is 10.1. The van der Waals surface area contributed by atoms with E-state index in [1.54, 1.807) is 16.2 Å². The first-order valence-corrected chi connectivity index (χ1v) is 13.0. The van der Waals surface area contributed by atoms with Crippen molar-refractivity contribution in [3.8, 4) is 0 Å². The molecule has 162 valence electrons. The number of hydrogen-bond acceptors (Lipinski definition) is 5. The average Bonchev–Trinajstić information content (AvgIpc) is 3.28. The van der Waals surface area contributed by atoms with Gasteiger partial charge in [0, 0.05) is 50.7 Å². The molecule has 0 saturated carbocycles. The molecule has 0 unspecified atom stereocenters. The summed E-state index contributed by atoms with van der Waals surface area (Å²) in [5, 5.41) is 2.36. The van der Waals surface area contributed by atoms with Crippen LogP contribution in [0.2, 0.25) is 5.02 Å². The largest absolute Gasteiger partial charge is 0.336 e. The molecule has 0 spiro atoms. The molecule has 9 heteroatoms. The van der Waals surface area contributed by atoms with E-state index in [9.17, 15) is 13.2 Å². The molecule has 4 rings (SSSR count). The topological polar surface area (TPSA) is 60.9 Å². The molecule has 2 aliphatic heterocycles. The zero-order chi connectivity index (χ0) is 21.1. The van der Waals surface area contributed by atoms with Crippen LogP contribution < -0.4 is 0 Å². The second-order valence-corrected chi connectivity index (χ2v) is 11.1. The van der Waals surface area contributed by atoms with Gasteiger partial charge in [0.2, 0.25) is 10.0 Å². The first kappa shape index (κ1) is 21.8. The number of sulfonamides is 1. The summed E-state index contributed by atoms with van der Waals surface area (Å²) in [4.78, 5) is 18.7. The van der Waals surface area contributed by atoms with Crippen LogP contribution in [0.15, 0.2) is 40.6 Å². The van der Waals surface area contributed by atoms with Crippen molar-refractivity contribution in [2.24, 2.45) is 0 Å². The van der Waals surface area contributed by atoms with E-state index in [-0.39, 0.29) is 16.4 Å². The first-order valence-electron chi connectivity index (χ1n) is 10.3. The number of piperazine rings is 1. The van der Waals surface area contributed by atoms with Crippen molar-refractivity contribution in [2.75, 3.05) is 39.3 Å². The SMILES string of the molecule is O=C(c1cc(S(=O)(=O)N2CCCCC2)ccc1Cl)N1CCN(Cc2cccs2)CC1. The summed E-state index contributed by atoms with van der Waals surface area (Å²) in [6.45, 7) is 4.72. The third-order valence-corrected chi connectivity index (χ3v) is 8.83. The molecule has 0 atom stereocenters. The number of carbonyl (C=O) groups excluding carboxylic acids is 1. The lowest BCUT2D eigenvalue weighted by Gasteiger charge is -2.34. The minimum atomic E-state index is -3.61. The molecule has 0 aliphatic carbocycles. The molecule has 0 radical (unpaired) electrons. The normalized spacial score (nSPS) is 19.2. The first-order chi connectivity index (χ1) is 14.4. The Balaban J connectivity index is 1.46. The van der Waals surface area contributed by atoms with Gasteiger partial charge in [0.15, 0.2) is 0 Å². The number of thiophene rings is 1. The third kappa shape index (κ3) is 4.73. The van der Waals surface area contributed by atoms with Crippen LogP contribution in [-0.2, 0) is 16.6 Å². The Kier molecular flexibility index (Phi) is 6.79. The highest BCUT2D eigenvalue weighted by Crippen LogP contribution is 2.26. The molecule has 1 aromatic carbocycles. The van der Waals surface area contributed by atoms with Crippen LogP contribution >= 0.6 is 22.9 Å². The standard InChI is InChI=1S/C21H26ClN3O3S2/c22-20-7-6-18(30(27,28)25-8-2-1-3-9-25)15-19(20)21(26)24-12-10-23(11-13-24)16-17-5-4-14-29-17/h4-7,14-15H,1-3,8-13,16H2. The van der Waals surface area contributed by atoms with E-state index >= 15 is 0 Å². The molecule has 3 heterocycles. The third-order valence-electron chi connectivity index (χ3n) is 5.74. The van der Waals surface area contributed by atoms with Gasteiger partial charge in [0.1, 0.15) is 0 Å². The van der Waals surface area contributed by atoms with Crippen LogP contribution in [0, 0.1) is 0 Å². The maximum atomic E-state index is 13.1. The molecule has 2 fully saturated rings. The van der Waals surface area contributed by atoms with E-state index < -0.39 is 10.0 Å². The number of rotatable bonds is 5. The van der Waals surface area contributed by atoms with Gasteiger partial charge in [0.05, 0.1) is 15.5 Å². The van der Waals surface area contributed by atoms with Crippen molar-refractivity contribution in [2.45, 2.75) is 30.7 Å². The van der Waals surface area contributed by atoms with Crippen LogP contribution in [-0.4, -0.2) is 67.7 Å². The zero-order valence-electron chi connectivity index (χ0n) is 16.8. The number of halogens is 1. The minimum Gasteiger partial charge on any atom is -0.336 e. The molecule has 30 heavy (non-hydrogen) atoms. The Morgan fingerprint density at radius 2 is 1.73 bits per heavy atom. The number of nitrogens with zero attached hydrogens (tertiary/aromatic N) is 3. The summed E-state index contributed by atoms with van der Waals surface area (Å²) in [5.41, 5.74) is 0.265. The van der Waals surface area contributed by atoms with Gasteiger partial charge < -0.3 is 4.90 Å². The fourth-order valence-electron chi connectivity index (χ4n) is 3.99. The summed E-state index contributed by atoms with van der Waals surface area (Å²) in [7, 11) is -3.61. The zero-order valence-corrected chi connectivity index (χ0v) is 19.2. The number of benzene rings is 1. The average molecular weight is 468 g/mol. The fraction of sp³-hybridized carbons (Fsp3) is 0.476. The highest BCUT2D eigenvalue weighted by molar-refractivity contribution is 7.89. The molecule has 2 aliphatic rings. The second-order valence-electron chi connectivity index (χ2n) is 7.75. The number of amides is 1. The Labute approximate surface area is 187 Å². The van der Waals surface area contributed by atoms with Crippen LogP contribution in [0.1, 0.15) is 34.5 Å². The number of carbonyl (C=O) groups is 1. The van der Waals surface area contributed by atoms with Gasteiger partial charge in [-0.15, -0.1) is 11.3 Å². The monoisotopic (exact) mass is 467 g/mol. The maximum absolute atomic E-state index is 13.1. The predicted octanol–water partition coefficient (Wildman–Crippen LogP) is 3.53. The predicted molar refractivity (Wildman–Crippen MR) is 120 cm³/mol. The number of hydrogen-bond donors (Lipinski definition) is 0. The molecular formula is C21H26ClN3O3S2. The van der Waals surface area contributed by atoms with E-state index in [4.69, 9.17) is 11.6 Å². The summed E-state index contributed by atoms with van der Waals surface area (Å²) in [6.07, 6.45) is 2.79. The number of piperidine rings is 1. The Bertz CT molecular complexity index is 981. The maximum Gasteiger partial charge on any atom is 0.255 e. The van der Waals surface area contributed by atoms with Crippen molar-refractivity contribution in [1.29, 1.82) is 0 Å². The van der Waals surface area contributed by atoms with Gasteiger partial charge in [-0.3, -0.25) is 9.69 Å². The van der Waals surface area contributed by atoms with Gasteiger partial charge in [-0.1, -0.05) is 24.1 Å². The van der Waals surface area contributed by atoms with Crippen molar-refractivity contribution in [1.82, 2.24) is 14.1 Å². The highest BCUT2D eigenvalue weighted by Gasteiger charge is 2.29. The van der Waals surface area contributed by atoms with Gasteiger partial charge in [-0.25, -0.2) is 8.42 Å². The van der Waals surface area contributed by atoms with Crippen molar-refractivity contribution in [3.05, 3.63) is 51.2 Å². The van der Waals surface area contributed by atoms with Crippen molar-refractivity contribution >= 4 is 38.9 Å². The van der Waals surface area contributed by atoms with Gasteiger partial charge >= 0.3 is 0 Å². The van der Waals surface area contributed by atoms with E-state index in [1.807, 2.05) is 6.07 Å². The fourth-order valence-corrected chi connectivity index (χ4v) is 6.47. The summed E-state index contributed by atoms with van der Waals surface area (Å²) >= 11 is 8.04. The highest BCUT2D eigenvalue weighted by atomic mass is 35.5. The van der Waals surface area contributed by atoms with Crippen LogP contribution in [0.3, 0.4) is 0 Å². The van der Waals surface area contributed by atoms with Gasteiger partial charge in [0.25, 0.3) is 5.91 Å². The Hall–Kier alpha value is -1.45. The molecule has 0 N–H and O–H groups in total. The van der Waals surface area contributed by atoms with E-state index in [1.165, 1.54) is 27.4 Å². The van der Waals surface area contributed by atoms with E-state index in [2.05, 4.69) is 16.3 Å². The van der Waals surface area contributed by atoms with Gasteiger partial charge in [-0.2, -0.15) is 4.31 Å². The van der Waals surface area contributed by atoms with E-state index in [0.717, 1.165) is 38.9 Å².